The van der Waals surface area contributed by atoms with Crippen LogP contribution in [0.2, 0.25) is 0 Å². The molecule has 0 aliphatic carbocycles. The fourth-order valence-corrected chi connectivity index (χ4v) is 3.89. The standard InChI is InChI=1S/C23H35N5O/c1-2-3-5-8-21-20(22(24)27-23(25)26-21)17-18-9-11-19(12-10-18)29-16-15-28-13-6-4-7-14-28/h9-12H,2-8,13-17H2,1H3,(H4,24,25,26,27). The maximum absolute atomic E-state index is 6.18. The van der Waals surface area contributed by atoms with E-state index in [2.05, 4.69) is 33.9 Å². The number of hydrogen-bond acceptors (Lipinski definition) is 6. The van der Waals surface area contributed by atoms with Crippen molar-refractivity contribution in [2.75, 3.05) is 37.7 Å². The van der Waals surface area contributed by atoms with Crippen molar-refractivity contribution in [3.05, 3.63) is 41.1 Å². The Hall–Kier alpha value is -2.34. The third kappa shape index (κ3) is 6.60. The van der Waals surface area contributed by atoms with Gasteiger partial charge >= 0.3 is 0 Å². The zero-order valence-corrected chi connectivity index (χ0v) is 17.7. The normalized spacial score (nSPS) is 14.8. The molecule has 1 aliphatic heterocycles. The molecule has 2 aromatic rings. The molecule has 1 aromatic carbocycles. The largest absolute Gasteiger partial charge is 0.492 e. The molecular formula is C23H35N5O. The first kappa shape index (κ1) is 21.4. The monoisotopic (exact) mass is 397 g/mol. The molecule has 1 fully saturated rings. The lowest BCUT2D eigenvalue weighted by atomic mass is 10.0. The van der Waals surface area contributed by atoms with Gasteiger partial charge in [0, 0.05) is 18.5 Å². The molecule has 0 saturated carbocycles. The van der Waals surface area contributed by atoms with Gasteiger partial charge in [-0.2, -0.15) is 4.98 Å². The van der Waals surface area contributed by atoms with E-state index in [1.54, 1.807) is 0 Å². The van der Waals surface area contributed by atoms with E-state index in [1.807, 2.05) is 12.1 Å². The lowest BCUT2D eigenvalue weighted by Crippen LogP contribution is -2.33. The average molecular weight is 398 g/mol. The van der Waals surface area contributed by atoms with Crippen molar-refractivity contribution in [3.63, 3.8) is 0 Å². The Labute approximate surface area is 174 Å². The summed E-state index contributed by atoms with van der Waals surface area (Å²) in [5.74, 6) is 1.66. The molecule has 0 spiro atoms. The number of hydrogen-bond donors (Lipinski definition) is 2. The van der Waals surface area contributed by atoms with Gasteiger partial charge in [0.05, 0.1) is 5.69 Å². The lowest BCUT2D eigenvalue weighted by Gasteiger charge is -2.26. The third-order valence-electron chi connectivity index (χ3n) is 5.59. The van der Waals surface area contributed by atoms with E-state index in [4.69, 9.17) is 16.2 Å². The van der Waals surface area contributed by atoms with Crippen LogP contribution in [0.5, 0.6) is 5.75 Å². The SMILES string of the molecule is CCCCCc1nc(N)nc(N)c1Cc1ccc(OCCN2CCCCC2)cc1. The third-order valence-corrected chi connectivity index (χ3v) is 5.59. The van der Waals surface area contributed by atoms with Crippen LogP contribution < -0.4 is 16.2 Å². The van der Waals surface area contributed by atoms with Gasteiger partial charge in [-0.15, -0.1) is 0 Å². The molecule has 1 aromatic heterocycles. The fraction of sp³-hybridized carbons (Fsp3) is 0.565. The molecule has 2 heterocycles. The summed E-state index contributed by atoms with van der Waals surface area (Å²) in [5, 5.41) is 0. The maximum atomic E-state index is 6.18. The summed E-state index contributed by atoms with van der Waals surface area (Å²) in [5.41, 5.74) is 15.1. The summed E-state index contributed by atoms with van der Waals surface area (Å²) in [7, 11) is 0. The van der Waals surface area contributed by atoms with Crippen LogP contribution >= 0.6 is 0 Å². The molecule has 0 radical (unpaired) electrons. The summed E-state index contributed by atoms with van der Waals surface area (Å²) < 4.78 is 5.94. The molecule has 6 heteroatoms. The van der Waals surface area contributed by atoms with Crippen LogP contribution in [-0.4, -0.2) is 41.1 Å². The molecule has 158 valence electrons. The van der Waals surface area contributed by atoms with Gasteiger partial charge in [-0.05, 0) is 56.5 Å². The number of likely N-dealkylation sites (tertiary alicyclic amines) is 1. The predicted octanol–water partition coefficient (Wildman–Crippen LogP) is 3.83. The fourth-order valence-electron chi connectivity index (χ4n) is 3.89. The second-order valence-electron chi connectivity index (χ2n) is 7.92. The number of nitrogens with two attached hydrogens (primary N) is 2. The predicted molar refractivity (Wildman–Crippen MR) is 119 cm³/mol. The molecular weight excluding hydrogens is 362 g/mol. The number of aromatic nitrogens is 2. The second-order valence-corrected chi connectivity index (χ2v) is 7.92. The van der Waals surface area contributed by atoms with Gasteiger partial charge in [-0.3, -0.25) is 4.90 Å². The highest BCUT2D eigenvalue weighted by atomic mass is 16.5. The topological polar surface area (TPSA) is 90.3 Å². The number of ether oxygens (including phenoxy) is 1. The van der Waals surface area contributed by atoms with Gasteiger partial charge in [0.25, 0.3) is 0 Å². The molecule has 1 aliphatic rings. The minimum Gasteiger partial charge on any atom is -0.492 e. The van der Waals surface area contributed by atoms with Crippen molar-refractivity contribution in [3.8, 4) is 5.75 Å². The summed E-state index contributed by atoms with van der Waals surface area (Å²) in [6, 6.07) is 8.27. The van der Waals surface area contributed by atoms with E-state index in [9.17, 15) is 0 Å². The summed E-state index contributed by atoms with van der Waals surface area (Å²) >= 11 is 0. The first-order valence-corrected chi connectivity index (χ1v) is 11.0. The van der Waals surface area contributed by atoms with E-state index < -0.39 is 0 Å². The van der Waals surface area contributed by atoms with E-state index in [0.29, 0.717) is 12.2 Å². The second kappa shape index (κ2) is 11.0. The number of unbranched alkanes of at least 4 members (excludes halogenated alkanes) is 2. The van der Waals surface area contributed by atoms with Crippen molar-refractivity contribution in [2.24, 2.45) is 0 Å². The average Bonchev–Trinajstić information content (AvgIpc) is 2.72. The van der Waals surface area contributed by atoms with Crippen LogP contribution in [0.1, 0.15) is 62.3 Å². The first-order valence-electron chi connectivity index (χ1n) is 11.0. The van der Waals surface area contributed by atoms with E-state index in [-0.39, 0.29) is 5.95 Å². The number of nitrogen functional groups attached to an aromatic ring is 2. The molecule has 0 amide bonds. The zero-order valence-electron chi connectivity index (χ0n) is 17.7. The smallest absolute Gasteiger partial charge is 0.222 e. The van der Waals surface area contributed by atoms with Crippen LogP contribution in [0, 0.1) is 0 Å². The Balaban J connectivity index is 1.57. The first-order chi connectivity index (χ1) is 14.2. The lowest BCUT2D eigenvalue weighted by molar-refractivity contribution is 0.183. The van der Waals surface area contributed by atoms with Crippen LogP contribution in [0.3, 0.4) is 0 Å². The minimum atomic E-state index is 0.259. The van der Waals surface area contributed by atoms with Crippen LogP contribution in [0.25, 0.3) is 0 Å². The molecule has 4 N–H and O–H groups in total. The summed E-state index contributed by atoms with van der Waals surface area (Å²) in [4.78, 5) is 11.1. The Morgan fingerprint density at radius 1 is 1.00 bits per heavy atom. The maximum Gasteiger partial charge on any atom is 0.222 e. The zero-order chi connectivity index (χ0) is 20.5. The molecule has 3 rings (SSSR count). The van der Waals surface area contributed by atoms with Crippen molar-refractivity contribution in [1.82, 2.24) is 14.9 Å². The van der Waals surface area contributed by atoms with Crippen molar-refractivity contribution in [1.29, 1.82) is 0 Å². The van der Waals surface area contributed by atoms with E-state index in [0.717, 1.165) is 43.0 Å². The molecule has 6 nitrogen and oxygen atoms in total. The van der Waals surface area contributed by atoms with Crippen molar-refractivity contribution >= 4 is 11.8 Å². The highest BCUT2D eigenvalue weighted by Gasteiger charge is 2.13. The number of anilines is 2. The summed E-state index contributed by atoms with van der Waals surface area (Å²) in [6.07, 6.45) is 9.02. The Morgan fingerprint density at radius 2 is 1.76 bits per heavy atom. The molecule has 0 unspecified atom stereocenters. The number of benzene rings is 1. The van der Waals surface area contributed by atoms with E-state index >= 15 is 0 Å². The molecule has 0 atom stereocenters. The van der Waals surface area contributed by atoms with Crippen molar-refractivity contribution in [2.45, 2.75) is 58.3 Å². The molecule has 29 heavy (non-hydrogen) atoms. The highest BCUT2D eigenvalue weighted by molar-refractivity contribution is 5.48. The number of piperidine rings is 1. The van der Waals surface area contributed by atoms with Gasteiger partial charge in [0.1, 0.15) is 18.2 Å². The van der Waals surface area contributed by atoms with Gasteiger partial charge in [0.15, 0.2) is 0 Å². The molecule has 1 saturated heterocycles. The van der Waals surface area contributed by atoms with Crippen molar-refractivity contribution < 1.29 is 4.74 Å². The van der Waals surface area contributed by atoms with Crippen LogP contribution in [0.15, 0.2) is 24.3 Å². The Kier molecular flexibility index (Phi) is 8.11. The van der Waals surface area contributed by atoms with E-state index in [1.165, 1.54) is 50.8 Å². The Bertz CT molecular complexity index is 757. The number of rotatable bonds is 10. The van der Waals surface area contributed by atoms with Crippen LogP contribution in [0.4, 0.5) is 11.8 Å². The number of nitrogens with zero attached hydrogens (tertiary/aromatic N) is 3. The molecule has 0 bridgehead atoms. The van der Waals surface area contributed by atoms with Gasteiger partial charge < -0.3 is 16.2 Å². The van der Waals surface area contributed by atoms with Gasteiger partial charge in [0.2, 0.25) is 5.95 Å². The number of aryl methyl sites for hydroxylation is 1. The minimum absolute atomic E-state index is 0.259. The summed E-state index contributed by atoms with van der Waals surface area (Å²) in [6.45, 7) is 6.34. The Morgan fingerprint density at radius 3 is 2.48 bits per heavy atom. The quantitative estimate of drug-likeness (QED) is 0.592. The highest BCUT2D eigenvalue weighted by Crippen LogP contribution is 2.22. The van der Waals surface area contributed by atoms with Crippen LogP contribution in [-0.2, 0) is 12.8 Å². The van der Waals surface area contributed by atoms with Gasteiger partial charge in [-0.1, -0.05) is 38.3 Å². The van der Waals surface area contributed by atoms with Gasteiger partial charge in [-0.25, -0.2) is 4.98 Å².